The molecule has 0 heterocycles. The molecule has 4 nitrogen and oxygen atoms in total. The van der Waals surface area contributed by atoms with Crippen LogP contribution >= 0.6 is 0 Å². The van der Waals surface area contributed by atoms with Crippen molar-refractivity contribution in [3.63, 3.8) is 0 Å². The lowest BCUT2D eigenvalue weighted by Gasteiger charge is -2.06. The normalized spacial score (nSPS) is 10.8. The van der Waals surface area contributed by atoms with Crippen molar-refractivity contribution in [1.82, 2.24) is 0 Å². The van der Waals surface area contributed by atoms with Crippen LogP contribution in [0.2, 0.25) is 0 Å². The summed E-state index contributed by atoms with van der Waals surface area (Å²) in [6.07, 6.45) is 11.7. The van der Waals surface area contributed by atoms with E-state index in [4.69, 9.17) is 9.47 Å². The van der Waals surface area contributed by atoms with Crippen LogP contribution in [0, 0.1) is 0 Å². The molecule has 0 rings (SSSR count). The predicted octanol–water partition coefficient (Wildman–Crippen LogP) is 4.11. The Morgan fingerprint density at radius 1 is 0.714 bits per heavy atom. The second-order valence-corrected chi connectivity index (χ2v) is 5.38. The first kappa shape index (κ1) is 20.4. The van der Waals surface area contributed by atoms with Crippen molar-refractivity contribution < 1.29 is 19.0 Å². The number of ether oxygens (including phenoxy) is 3. The predicted molar refractivity (Wildman–Crippen MR) is 85.5 cm³/mol. The summed E-state index contributed by atoms with van der Waals surface area (Å²) in [6, 6.07) is 0. The van der Waals surface area contributed by atoms with Crippen molar-refractivity contribution in [2.24, 2.45) is 0 Å². The quantitative estimate of drug-likeness (QED) is 0.318. The van der Waals surface area contributed by atoms with Gasteiger partial charge in [0.2, 0.25) is 0 Å². The largest absolute Gasteiger partial charge is 0.469 e. The van der Waals surface area contributed by atoms with Gasteiger partial charge in [-0.1, -0.05) is 51.9 Å². The van der Waals surface area contributed by atoms with E-state index in [1.54, 1.807) is 0 Å². The van der Waals surface area contributed by atoms with Crippen LogP contribution in [0.3, 0.4) is 0 Å². The summed E-state index contributed by atoms with van der Waals surface area (Å²) in [7, 11) is 1.40. The molecule has 4 heteroatoms. The highest BCUT2D eigenvalue weighted by molar-refractivity contribution is 5.68. The zero-order chi connectivity index (χ0) is 15.6. The highest BCUT2D eigenvalue weighted by Gasteiger charge is 1.99. The molecule has 0 aliphatic carbocycles. The van der Waals surface area contributed by atoms with Crippen LogP contribution in [-0.2, 0) is 19.0 Å². The monoisotopic (exact) mass is 302 g/mol. The van der Waals surface area contributed by atoms with Crippen molar-refractivity contribution in [1.29, 1.82) is 0 Å². The molecule has 0 radical (unpaired) electrons. The lowest BCUT2D eigenvalue weighted by atomic mass is 10.1. The smallest absolute Gasteiger partial charge is 0.305 e. The van der Waals surface area contributed by atoms with E-state index in [0.717, 1.165) is 13.0 Å². The Kier molecular flexibility index (Phi) is 16.9. The molecule has 0 aromatic rings. The van der Waals surface area contributed by atoms with E-state index in [0.29, 0.717) is 32.7 Å². The van der Waals surface area contributed by atoms with E-state index < -0.39 is 0 Å². The van der Waals surface area contributed by atoms with Gasteiger partial charge in [-0.3, -0.25) is 4.79 Å². The third kappa shape index (κ3) is 17.3. The lowest BCUT2D eigenvalue weighted by Crippen LogP contribution is -2.08. The van der Waals surface area contributed by atoms with Gasteiger partial charge in [-0.2, -0.15) is 0 Å². The average molecular weight is 302 g/mol. The Morgan fingerprint density at radius 3 is 1.81 bits per heavy atom. The highest BCUT2D eigenvalue weighted by Crippen LogP contribution is 2.08. The third-order valence-electron chi connectivity index (χ3n) is 3.41. The molecule has 0 bridgehead atoms. The van der Waals surface area contributed by atoms with Crippen LogP contribution in [0.1, 0.15) is 71.1 Å². The number of hydrogen-bond acceptors (Lipinski definition) is 4. The van der Waals surface area contributed by atoms with E-state index in [1.807, 2.05) is 0 Å². The van der Waals surface area contributed by atoms with Gasteiger partial charge in [-0.25, -0.2) is 0 Å². The Labute approximate surface area is 130 Å². The second-order valence-electron chi connectivity index (χ2n) is 5.38. The molecule has 0 aliphatic heterocycles. The van der Waals surface area contributed by atoms with Gasteiger partial charge in [0.25, 0.3) is 0 Å². The summed E-state index contributed by atoms with van der Waals surface area (Å²) in [4.78, 5) is 10.8. The first-order valence-corrected chi connectivity index (χ1v) is 8.53. The van der Waals surface area contributed by atoms with Crippen LogP contribution in [0.5, 0.6) is 0 Å². The summed E-state index contributed by atoms with van der Waals surface area (Å²) < 4.78 is 15.4. The van der Waals surface area contributed by atoms with Gasteiger partial charge in [0.05, 0.1) is 20.3 Å². The molecule has 0 aromatic heterocycles. The number of carbonyl (C=O) groups is 1. The van der Waals surface area contributed by atoms with Crippen molar-refractivity contribution in [2.45, 2.75) is 71.1 Å². The molecule has 0 aliphatic rings. The maximum atomic E-state index is 10.8. The average Bonchev–Trinajstić information content (AvgIpc) is 2.50. The van der Waals surface area contributed by atoms with Gasteiger partial charge >= 0.3 is 5.97 Å². The van der Waals surface area contributed by atoms with Crippen LogP contribution in [0.4, 0.5) is 0 Å². The van der Waals surface area contributed by atoms with E-state index in [-0.39, 0.29) is 5.97 Å². The Bertz CT molecular complexity index is 219. The summed E-state index contributed by atoms with van der Waals surface area (Å²) in [5.41, 5.74) is 0. The molecular formula is C17H34O4. The number of rotatable bonds is 16. The first-order chi connectivity index (χ1) is 10.3. The van der Waals surface area contributed by atoms with Crippen molar-refractivity contribution in [2.75, 3.05) is 33.5 Å². The fourth-order valence-corrected chi connectivity index (χ4v) is 2.08. The Balaban J connectivity index is 2.98. The van der Waals surface area contributed by atoms with Crippen LogP contribution in [0.15, 0.2) is 0 Å². The first-order valence-electron chi connectivity index (χ1n) is 8.53. The summed E-state index contributed by atoms with van der Waals surface area (Å²) >= 11 is 0. The Hall–Kier alpha value is -0.610. The minimum Gasteiger partial charge on any atom is -0.469 e. The van der Waals surface area contributed by atoms with E-state index in [9.17, 15) is 4.79 Å². The zero-order valence-electron chi connectivity index (χ0n) is 14.0. The molecule has 0 atom stereocenters. The SMILES string of the molecule is CCCCCCCCCCOCCOCCCC(=O)OC. The van der Waals surface area contributed by atoms with Crippen molar-refractivity contribution in [3.8, 4) is 0 Å². The third-order valence-corrected chi connectivity index (χ3v) is 3.41. The maximum Gasteiger partial charge on any atom is 0.305 e. The Morgan fingerprint density at radius 2 is 1.24 bits per heavy atom. The minimum atomic E-state index is -0.176. The van der Waals surface area contributed by atoms with Gasteiger partial charge in [0.1, 0.15) is 0 Å². The molecule has 0 aromatic carbocycles. The fourth-order valence-electron chi connectivity index (χ4n) is 2.08. The van der Waals surface area contributed by atoms with Gasteiger partial charge in [-0.05, 0) is 12.8 Å². The second kappa shape index (κ2) is 17.4. The molecule has 0 amide bonds. The minimum absolute atomic E-state index is 0.176. The van der Waals surface area contributed by atoms with Gasteiger partial charge in [0, 0.05) is 19.6 Å². The van der Waals surface area contributed by atoms with Gasteiger partial charge in [0.15, 0.2) is 0 Å². The van der Waals surface area contributed by atoms with Crippen molar-refractivity contribution >= 4 is 5.97 Å². The van der Waals surface area contributed by atoms with Gasteiger partial charge < -0.3 is 14.2 Å². The molecule has 0 fully saturated rings. The molecule has 0 N–H and O–H groups in total. The number of esters is 1. The van der Waals surface area contributed by atoms with E-state index in [1.165, 1.54) is 52.1 Å². The molecule has 0 saturated carbocycles. The van der Waals surface area contributed by atoms with Crippen LogP contribution in [-0.4, -0.2) is 39.5 Å². The fraction of sp³-hybridized carbons (Fsp3) is 0.941. The summed E-state index contributed by atoms with van der Waals surface area (Å²) in [5.74, 6) is -0.176. The molecule has 0 unspecified atom stereocenters. The zero-order valence-corrected chi connectivity index (χ0v) is 14.0. The molecule has 0 spiro atoms. The van der Waals surface area contributed by atoms with Crippen LogP contribution < -0.4 is 0 Å². The number of methoxy groups -OCH3 is 1. The van der Waals surface area contributed by atoms with Crippen LogP contribution in [0.25, 0.3) is 0 Å². The number of unbranched alkanes of at least 4 members (excludes halogenated alkanes) is 7. The van der Waals surface area contributed by atoms with Crippen molar-refractivity contribution in [3.05, 3.63) is 0 Å². The van der Waals surface area contributed by atoms with Gasteiger partial charge in [-0.15, -0.1) is 0 Å². The topological polar surface area (TPSA) is 44.8 Å². The van der Waals surface area contributed by atoms with E-state index >= 15 is 0 Å². The lowest BCUT2D eigenvalue weighted by molar-refractivity contribution is -0.141. The molecule has 21 heavy (non-hydrogen) atoms. The highest BCUT2D eigenvalue weighted by atomic mass is 16.5. The molecule has 126 valence electrons. The maximum absolute atomic E-state index is 10.8. The summed E-state index contributed by atoms with van der Waals surface area (Å²) in [6.45, 7) is 4.93. The number of carbonyl (C=O) groups excluding carboxylic acids is 1. The van der Waals surface area contributed by atoms with E-state index in [2.05, 4.69) is 11.7 Å². The molecule has 0 saturated heterocycles. The summed E-state index contributed by atoms with van der Waals surface area (Å²) in [5, 5.41) is 0. The molecular weight excluding hydrogens is 268 g/mol. The number of hydrogen-bond donors (Lipinski definition) is 0. The standard InChI is InChI=1S/C17H34O4/c1-3-4-5-6-7-8-9-10-13-20-15-16-21-14-11-12-17(18)19-2/h3-16H2,1-2H3.